The van der Waals surface area contributed by atoms with E-state index in [1.807, 2.05) is 17.5 Å². The predicted octanol–water partition coefficient (Wildman–Crippen LogP) is 1.90. The van der Waals surface area contributed by atoms with Gasteiger partial charge in [0.15, 0.2) is 0 Å². The van der Waals surface area contributed by atoms with Crippen LogP contribution in [0.25, 0.3) is 6.08 Å². The smallest absolute Gasteiger partial charge is 0.244 e. The van der Waals surface area contributed by atoms with Crippen LogP contribution in [0.1, 0.15) is 11.3 Å². The second-order valence-electron chi connectivity index (χ2n) is 2.59. The first-order valence-corrected chi connectivity index (χ1v) is 5.14. The second kappa shape index (κ2) is 6.01. The van der Waals surface area contributed by atoms with E-state index in [1.165, 1.54) is 6.08 Å². The number of hydrogen-bond acceptors (Lipinski definition) is 2. The van der Waals surface area contributed by atoms with Gasteiger partial charge in [-0.2, -0.15) is 0 Å². The summed E-state index contributed by atoms with van der Waals surface area (Å²) in [6, 6.07) is 3.90. The van der Waals surface area contributed by atoms with Crippen LogP contribution in [0.15, 0.2) is 23.6 Å². The summed E-state index contributed by atoms with van der Waals surface area (Å²) in [5.74, 6) is 2.35. The maximum absolute atomic E-state index is 11.2. The first kappa shape index (κ1) is 10.6. The first-order chi connectivity index (χ1) is 6.83. The number of carbonyl (C=O) groups excluding carboxylic acids is 1. The average molecular weight is 205 g/mol. The number of carbonyl (C=O) groups is 1. The molecular formula is C11H11NOS. The maximum Gasteiger partial charge on any atom is 0.244 e. The highest BCUT2D eigenvalue weighted by Gasteiger charge is 1.93. The Balaban J connectivity index is 2.31. The summed E-state index contributed by atoms with van der Waals surface area (Å²) in [5.41, 5.74) is 0. The molecule has 0 saturated heterocycles. The summed E-state index contributed by atoms with van der Waals surface area (Å²) in [7, 11) is 0. The van der Waals surface area contributed by atoms with Crippen LogP contribution >= 0.6 is 11.3 Å². The van der Waals surface area contributed by atoms with Gasteiger partial charge in [-0.15, -0.1) is 23.7 Å². The molecule has 72 valence electrons. The number of rotatable bonds is 4. The van der Waals surface area contributed by atoms with Crippen LogP contribution in [0, 0.1) is 12.3 Å². The zero-order valence-corrected chi connectivity index (χ0v) is 8.51. The van der Waals surface area contributed by atoms with E-state index >= 15 is 0 Å². The van der Waals surface area contributed by atoms with Gasteiger partial charge in [-0.05, 0) is 17.5 Å². The van der Waals surface area contributed by atoms with Crippen molar-refractivity contribution in [2.45, 2.75) is 6.42 Å². The van der Waals surface area contributed by atoms with E-state index in [1.54, 1.807) is 17.4 Å². The van der Waals surface area contributed by atoms with Gasteiger partial charge in [-0.1, -0.05) is 6.07 Å². The zero-order valence-electron chi connectivity index (χ0n) is 7.69. The van der Waals surface area contributed by atoms with E-state index in [9.17, 15) is 4.79 Å². The van der Waals surface area contributed by atoms with Crippen molar-refractivity contribution >= 4 is 23.3 Å². The molecule has 2 nitrogen and oxygen atoms in total. The number of nitrogens with one attached hydrogen (secondary N) is 1. The molecule has 0 aliphatic rings. The third-order valence-corrected chi connectivity index (χ3v) is 2.35. The Bertz CT molecular complexity index is 346. The minimum absolute atomic E-state index is 0.103. The molecule has 1 aromatic rings. The molecular weight excluding hydrogens is 194 g/mol. The highest BCUT2D eigenvalue weighted by Crippen LogP contribution is 2.09. The van der Waals surface area contributed by atoms with E-state index in [-0.39, 0.29) is 5.91 Å². The first-order valence-electron chi connectivity index (χ1n) is 4.26. The number of hydrogen-bond donors (Lipinski definition) is 1. The molecule has 3 heteroatoms. The molecule has 0 aliphatic heterocycles. The van der Waals surface area contributed by atoms with Crippen molar-refractivity contribution in [2.24, 2.45) is 0 Å². The van der Waals surface area contributed by atoms with Crippen molar-refractivity contribution in [3.63, 3.8) is 0 Å². The van der Waals surface area contributed by atoms with Gasteiger partial charge < -0.3 is 5.32 Å². The normalized spacial score (nSPS) is 9.93. The fourth-order valence-electron chi connectivity index (χ4n) is 0.861. The second-order valence-corrected chi connectivity index (χ2v) is 3.57. The van der Waals surface area contributed by atoms with E-state index in [2.05, 4.69) is 11.2 Å². The van der Waals surface area contributed by atoms with Crippen LogP contribution in [0.3, 0.4) is 0 Å². The molecule has 0 radical (unpaired) electrons. The average Bonchev–Trinajstić information content (AvgIpc) is 2.68. The summed E-state index contributed by atoms with van der Waals surface area (Å²) in [6.45, 7) is 0.532. The molecule has 0 spiro atoms. The van der Waals surface area contributed by atoms with Crippen molar-refractivity contribution in [2.75, 3.05) is 6.54 Å². The predicted molar refractivity (Wildman–Crippen MR) is 59.8 cm³/mol. The fraction of sp³-hybridized carbons (Fsp3) is 0.182. The third-order valence-electron chi connectivity index (χ3n) is 1.51. The number of terminal acetylenes is 1. The van der Waals surface area contributed by atoms with Gasteiger partial charge in [-0.3, -0.25) is 4.79 Å². The molecule has 0 saturated carbocycles. The highest BCUT2D eigenvalue weighted by atomic mass is 32.1. The molecule has 0 aromatic carbocycles. The summed E-state index contributed by atoms with van der Waals surface area (Å²) < 4.78 is 0. The van der Waals surface area contributed by atoms with Crippen molar-refractivity contribution in [1.82, 2.24) is 5.32 Å². The van der Waals surface area contributed by atoms with E-state index in [0.717, 1.165) is 4.88 Å². The van der Waals surface area contributed by atoms with Crippen LogP contribution in [0.5, 0.6) is 0 Å². The number of amides is 1. The Morgan fingerprint density at radius 1 is 1.71 bits per heavy atom. The largest absolute Gasteiger partial charge is 0.352 e. The molecule has 1 aromatic heterocycles. The molecule has 0 unspecified atom stereocenters. The molecule has 0 aliphatic carbocycles. The minimum atomic E-state index is -0.103. The molecule has 0 fully saturated rings. The Kier molecular flexibility index (Phi) is 4.53. The van der Waals surface area contributed by atoms with Gasteiger partial charge in [0.1, 0.15) is 0 Å². The summed E-state index contributed by atoms with van der Waals surface area (Å²) in [5, 5.41) is 4.65. The summed E-state index contributed by atoms with van der Waals surface area (Å²) in [6.07, 6.45) is 8.92. The third kappa shape index (κ3) is 3.92. The molecule has 14 heavy (non-hydrogen) atoms. The standard InChI is InChI=1S/C11H11NOS/c1-2-3-8-12-11(13)7-6-10-5-4-9-14-10/h1,4-7,9H,3,8H2,(H,12,13). The Morgan fingerprint density at radius 2 is 2.57 bits per heavy atom. The van der Waals surface area contributed by atoms with Crippen molar-refractivity contribution in [1.29, 1.82) is 0 Å². The molecule has 0 atom stereocenters. The van der Waals surface area contributed by atoms with Crippen molar-refractivity contribution in [3.05, 3.63) is 28.5 Å². The fourth-order valence-corrected chi connectivity index (χ4v) is 1.48. The van der Waals surface area contributed by atoms with Crippen molar-refractivity contribution < 1.29 is 4.79 Å². The van der Waals surface area contributed by atoms with Gasteiger partial charge in [-0.25, -0.2) is 0 Å². The monoisotopic (exact) mass is 205 g/mol. The van der Waals surface area contributed by atoms with Crippen LogP contribution in [0.2, 0.25) is 0 Å². The van der Waals surface area contributed by atoms with Gasteiger partial charge in [0.25, 0.3) is 0 Å². The van der Waals surface area contributed by atoms with Crippen LogP contribution < -0.4 is 5.32 Å². The highest BCUT2D eigenvalue weighted by molar-refractivity contribution is 7.10. The lowest BCUT2D eigenvalue weighted by Crippen LogP contribution is -2.21. The maximum atomic E-state index is 11.2. The zero-order chi connectivity index (χ0) is 10.2. The van der Waals surface area contributed by atoms with Crippen LogP contribution in [0.4, 0.5) is 0 Å². The topological polar surface area (TPSA) is 29.1 Å². The SMILES string of the molecule is C#CCCNC(=O)C=Cc1cccs1. The van der Waals surface area contributed by atoms with Gasteiger partial charge in [0.05, 0.1) is 0 Å². The molecule has 0 bridgehead atoms. The lowest BCUT2D eigenvalue weighted by atomic mass is 10.4. The van der Waals surface area contributed by atoms with Crippen LogP contribution in [-0.2, 0) is 4.79 Å². The van der Waals surface area contributed by atoms with Gasteiger partial charge in [0.2, 0.25) is 5.91 Å². The minimum Gasteiger partial charge on any atom is -0.352 e. The van der Waals surface area contributed by atoms with Crippen LogP contribution in [-0.4, -0.2) is 12.5 Å². The van der Waals surface area contributed by atoms with E-state index in [4.69, 9.17) is 6.42 Å². The Labute approximate surface area is 87.6 Å². The van der Waals surface area contributed by atoms with Gasteiger partial charge in [0, 0.05) is 23.9 Å². The lowest BCUT2D eigenvalue weighted by molar-refractivity contribution is -0.116. The molecule has 1 amide bonds. The Hall–Kier alpha value is -1.53. The van der Waals surface area contributed by atoms with Gasteiger partial charge >= 0.3 is 0 Å². The summed E-state index contributed by atoms with van der Waals surface area (Å²) >= 11 is 1.59. The Morgan fingerprint density at radius 3 is 3.21 bits per heavy atom. The molecule has 1 N–H and O–H groups in total. The summed E-state index contributed by atoms with van der Waals surface area (Å²) in [4.78, 5) is 12.2. The van der Waals surface area contributed by atoms with E-state index < -0.39 is 0 Å². The van der Waals surface area contributed by atoms with Crippen molar-refractivity contribution in [3.8, 4) is 12.3 Å². The van der Waals surface area contributed by atoms with E-state index in [0.29, 0.717) is 13.0 Å². The quantitative estimate of drug-likeness (QED) is 0.454. The lowest BCUT2D eigenvalue weighted by Gasteiger charge is -1.96. The molecule has 1 rings (SSSR count). The molecule has 1 heterocycles. The number of thiophene rings is 1.